The first-order valence-electron chi connectivity index (χ1n) is 10.4. The number of nitrogens with one attached hydrogen (secondary N) is 1. The van der Waals surface area contributed by atoms with Crippen LogP contribution in [0.5, 0.6) is 11.5 Å². The SMILES string of the molecule is COc1cc(/C=C/C(=O)NOC(=O)C2CCCCC2)ccc1OCc1cc(F)ccc1F. The molecule has 1 aliphatic carbocycles. The van der Waals surface area contributed by atoms with Crippen LogP contribution < -0.4 is 15.0 Å². The molecule has 0 spiro atoms. The highest BCUT2D eigenvalue weighted by Crippen LogP contribution is 2.29. The lowest BCUT2D eigenvalue weighted by molar-refractivity contribution is -0.161. The van der Waals surface area contributed by atoms with E-state index in [-0.39, 0.29) is 18.1 Å². The molecule has 3 rings (SSSR count). The third-order valence-corrected chi connectivity index (χ3v) is 5.20. The van der Waals surface area contributed by atoms with Gasteiger partial charge in [0, 0.05) is 11.6 Å². The van der Waals surface area contributed by atoms with Gasteiger partial charge >= 0.3 is 5.97 Å². The van der Waals surface area contributed by atoms with Crippen LogP contribution in [0, 0.1) is 17.6 Å². The van der Waals surface area contributed by atoms with Crippen molar-refractivity contribution in [2.24, 2.45) is 5.92 Å². The first-order chi connectivity index (χ1) is 15.5. The highest BCUT2D eigenvalue weighted by molar-refractivity contribution is 5.92. The van der Waals surface area contributed by atoms with Gasteiger partial charge in [-0.1, -0.05) is 25.3 Å². The van der Waals surface area contributed by atoms with E-state index in [2.05, 4.69) is 5.48 Å². The molecule has 2 aromatic rings. The number of rotatable bonds is 7. The smallest absolute Gasteiger partial charge is 0.335 e. The van der Waals surface area contributed by atoms with Crippen molar-refractivity contribution in [3.8, 4) is 11.5 Å². The fraction of sp³-hybridized carbons (Fsp3) is 0.333. The number of benzene rings is 2. The first kappa shape index (κ1) is 23.2. The van der Waals surface area contributed by atoms with E-state index in [0.29, 0.717) is 17.1 Å². The largest absolute Gasteiger partial charge is 0.493 e. The minimum atomic E-state index is -0.574. The van der Waals surface area contributed by atoms with Crippen LogP contribution in [0.4, 0.5) is 8.78 Å². The first-order valence-corrected chi connectivity index (χ1v) is 10.4. The van der Waals surface area contributed by atoms with Crippen LogP contribution >= 0.6 is 0 Å². The second kappa shape index (κ2) is 11.3. The maximum atomic E-state index is 13.8. The normalized spacial score (nSPS) is 14.2. The Labute approximate surface area is 185 Å². The van der Waals surface area contributed by atoms with Crippen molar-refractivity contribution in [1.82, 2.24) is 5.48 Å². The number of hydroxylamine groups is 1. The molecule has 0 saturated heterocycles. The highest BCUT2D eigenvalue weighted by Gasteiger charge is 2.23. The van der Waals surface area contributed by atoms with E-state index < -0.39 is 23.5 Å². The van der Waals surface area contributed by atoms with Gasteiger partial charge in [0.15, 0.2) is 11.5 Å². The molecule has 1 fully saturated rings. The van der Waals surface area contributed by atoms with E-state index in [4.69, 9.17) is 14.3 Å². The van der Waals surface area contributed by atoms with Gasteiger partial charge in [0.05, 0.1) is 13.0 Å². The summed E-state index contributed by atoms with van der Waals surface area (Å²) >= 11 is 0. The molecule has 1 saturated carbocycles. The fourth-order valence-electron chi connectivity index (χ4n) is 3.44. The Morgan fingerprint density at radius 3 is 2.59 bits per heavy atom. The van der Waals surface area contributed by atoms with Gasteiger partial charge in [0.25, 0.3) is 5.91 Å². The van der Waals surface area contributed by atoms with Crippen LogP contribution in [0.15, 0.2) is 42.5 Å². The molecular weight excluding hydrogens is 420 g/mol. The number of hydrogen-bond donors (Lipinski definition) is 1. The van der Waals surface area contributed by atoms with Crippen molar-refractivity contribution in [3.05, 3.63) is 65.2 Å². The molecule has 0 aromatic heterocycles. The predicted octanol–water partition coefficient (Wildman–Crippen LogP) is 4.72. The molecule has 1 amide bonds. The number of ether oxygens (including phenoxy) is 2. The van der Waals surface area contributed by atoms with E-state index >= 15 is 0 Å². The average molecular weight is 445 g/mol. The van der Waals surface area contributed by atoms with Gasteiger partial charge < -0.3 is 14.3 Å². The third-order valence-electron chi connectivity index (χ3n) is 5.20. The zero-order chi connectivity index (χ0) is 22.9. The van der Waals surface area contributed by atoms with Gasteiger partial charge in [-0.25, -0.2) is 13.6 Å². The molecule has 0 radical (unpaired) electrons. The summed E-state index contributed by atoms with van der Waals surface area (Å²) in [5.41, 5.74) is 2.84. The Balaban J connectivity index is 1.55. The standard InChI is InChI=1S/C24H25F2NO5/c1-30-22-13-16(7-11-21(22)31-15-18-14-19(25)9-10-20(18)26)8-12-23(28)27-32-24(29)17-5-3-2-4-6-17/h7-14,17H,2-6,15H2,1H3,(H,27,28)/b12-8+. The van der Waals surface area contributed by atoms with Crippen molar-refractivity contribution in [1.29, 1.82) is 0 Å². The Morgan fingerprint density at radius 2 is 1.84 bits per heavy atom. The number of carbonyl (C=O) groups is 2. The lowest BCUT2D eigenvalue weighted by Crippen LogP contribution is -2.30. The van der Waals surface area contributed by atoms with Crippen LogP contribution in [0.25, 0.3) is 6.08 Å². The molecule has 0 bridgehead atoms. The van der Waals surface area contributed by atoms with Gasteiger partial charge in [0.1, 0.15) is 18.2 Å². The Hall–Kier alpha value is -3.42. The van der Waals surface area contributed by atoms with Gasteiger partial charge in [-0.15, -0.1) is 0 Å². The summed E-state index contributed by atoms with van der Waals surface area (Å²) in [5.74, 6) is -1.59. The summed E-state index contributed by atoms with van der Waals surface area (Å²) < 4.78 is 37.9. The second-order valence-corrected chi connectivity index (χ2v) is 7.49. The van der Waals surface area contributed by atoms with Crippen molar-refractivity contribution >= 4 is 18.0 Å². The van der Waals surface area contributed by atoms with Crippen LogP contribution in [0.2, 0.25) is 0 Å². The molecule has 0 aliphatic heterocycles. The van der Waals surface area contributed by atoms with Gasteiger partial charge in [-0.05, 0) is 54.8 Å². The van der Waals surface area contributed by atoms with E-state index in [1.807, 2.05) is 0 Å². The van der Waals surface area contributed by atoms with E-state index in [1.54, 1.807) is 18.2 Å². The van der Waals surface area contributed by atoms with E-state index in [0.717, 1.165) is 50.3 Å². The maximum absolute atomic E-state index is 13.8. The van der Waals surface area contributed by atoms with Gasteiger partial charge in [0.2, 0.25) is 0 Å². The van der Waals surface area contributed by atoms with Crippen LogP contribution in [-0.4, -0.2) is 19.0 Å². The van der Waals surface area contributed by atoms with Gasteiger partial charge in [-0.2, -0.15) is 5.48 Å². The third kappa shape index (κ3) is 6.54. The molecule has 170 valence electrons. The molecule has 0 heterocycles. The highest BCUT2D eigenvalue weighted by atomic mass is 19.1. The van der Waals surface area contributed by atoms with Gasteiger partial charge in [-0.3, -0.25) is 4.79 Å². The minimum absolute atomic E-state index is 0.0791. The topological polar surface area (TPSA) is 73.9 Å². The zero-order valence-electron chi connectivity index (χ0n) is 17.7. The molecule has 32 heavy (non-hydrogen) atoms. The summed E-state index contributed by atoms with van der Waals surface area (Å²) in [7, 11) is 1.44. The second-order valence-electron chi connectivity index (χ2n) is 7.49. The molecule has 2 aromatic carbocycles. The lowest BCUT2D eigenvalue weighted by atomic mass is 9.89. The molecular formula is C24H25F2NO5. The average Bonchev–Trinajstić information content (AvgIpc) is 2.82. The summed E-state index contributed by atoms with van der Waals surface area (Å²) in [5, 5.41) is 0. The zero-order valence-corrected chi connectivity index (χ0v) is 17.7. The summed E-state index contributed by atoms with van der Waals surface area (Å²) in [4.78, 5) is 28.8. The molecule has 8 heteroatoms. The summed E-state index contributed by atoms with van der Waals surface area (Å²) in [6.07, 6.45) is 7.41. The number of methoxy groups -OCH3 is 1. The number of halogens is 2. The molecule has 1 N–H and O–H groups in total. The summed E-state index contributed by atoms with van der Waals surface area (Å²) in [6.45, 7) is -0.177. The molecule has 0 atom stereocenters. The number of carbonyl (C=O) groups excluding carboxylic acids is 2. The number of hydrogen-bond acceptors (Lipinski definition) is 5. The van der Waals surface area contributed by atoms with Crippen molar-refractivity contribution < 1.29 is 32.7 Å². The van der Waals surface area contributed by atoms with E-state index in [9.17, 15) is 18.4 Å². The summed E-state index contributed by atoms with van der Waals surface area (Å²) in [6, 6.07) is 8.02. The Bertz CT molecular complexity index is 986. The van der Waals surface area contributed by atoms with Crippen molar-refractivity contribution in [3.63, 3.8) is 0 Å². The Morgan fingerprint density at radius 1 is 1.06 bits per heavy atom. The quantitative estimate of drug-likeness (QED) is 0.493. The molecule has 1 aliphatic rings. The van der Waals surface area contributed by atoms with Crippen LogP contribution in [0.1, 0.15) is 43.2 Å². The predicted molar refractivity (Wildman–Crippen MR) is 114 cm³/mol. The van der Waals surface area contributed by atoms with Crippen molar-refractivity contribution in [2.45, 2.75) is 38.7 Å². The maximum Gasteiger partial charge on any atom is 0.335 e. The van der Waals surface area contributed by atoms with E-state index in [1.165, 1.54) is 19.3 Å². The molecule has 0 unspecified atom stereocenters. The fourth-order valence-corrected chi connectivity index (χ4v) is 3.44. The van der Waals surface area contributed by atoms with Crippen LogP contribution in [0.3, 0.4) is 0 Å². The monoisotopic (exact) mass is 445 g/mol. The van der Waals surface area contributed by atoms with Crippen molar-refractivity contribution in [2.75, 3.05) is 7.11 Å². The molecule has 6 nitrogen and oxygen atoms in total. The minimum Gasteiger partial charge on any atom is -0.493 e. The van der Waals surface area contributed by atoms with Crippen LogP contribution in [-0.2, 0) is 21.0 Å². The Kier molecular flexibility index (Phi) is 8.19. The number of amides is 1. The lowest BCUT2D eigenvalue weighted by Gasteiger charge is -2.19.